The molecule has 4 rings (SSSR count). The highest BCUT2D eigenvalue weighted by Gasteiger charge is 2.30. The molecule has 0 spiro atoms. The Labute approximate surface area is 143 Å². The maximum absolute atomic E-state index is 6.10. The van der Waals surface area contributed by atoms with Gasteiger partial charge in [-0.1, -0.05) is 23.2 Å². The lowest BCUT2D eigenvalue weighted by molar-refractivity contribution is 0.625. The van der Waals surface area contributed by atoms with Gasteiger partial charge < -0.3 is 9.47 Å². The summed E-state index contributed by atoms with van der Waals surface area (Å²) < 4.78 is 1.95. The molecule has 0 N–H and O–H groups in total. The molecule has 3 heterocycles. The Morgan fingerprint density at radius 1 is 1.17 bits per heavy atom. The molecule has 2 aromatic heterocycles. The summed E-state index contributed by atoms with van der Waals surface area (Å²) in [5.41, 5.74) is 1.47. The Kier molecular flexibility index (Phi) is 3.58. The number of benzene rings is 1. The van der Waals surface area contributed by atoms with Crippen molar-refractivity contribution in [2.24, 2.45) is 7.05 Å². The van der Waals surface area contributed by atoms with Crippen molar-refractivity contribution in [1.29, 1.82) is 0 Å². The predicted molar refractivity (Wildman–Crippen MR) is 89.9 cm³/mol. The zero-order valence-electron chi connectivity index (χ0n) is 12.4. The van der Waals surface area contributed by atoms with Crippen LogP contribution >= 0.6 is 23.2 Å². The van der Waals surface area contributed by atoms with Gasteiger partial charge in [-0.25, -0.2) is 4.98 Å². The molecule has 1 saturated heterocycles. The minimum Gasteiger partial charge on any atom is -0.345 e. The molecule has 1 unspecified atom stereocenters. The van der Waals surface area contributed by atoms with Gasteiger partial charge in [-0.15, -0.1) is 10.2 Å². The lowest BCUT2D eigenvalue weighted by atomic mass is 10.2. The van der Waals surface area contributed by atoms with Gasteiger partial charge in [-0.05, 0) is 25.0 Å². The Balaban J connectivity index is 1.76. The number of fused-ring (bicyclic) bond motifs is 1. The molecular formula is C15H14Cl2N6. The lowest BCUT2D eigenvalue weighted by Crippen LogP contribution is -2.25. The number of hydrogen-bond donors (Lipinski definition) is 0. The normalized spacial score (nSPS) is 18.0. The molecule has 23 heavy (non-hydrogen) atoms. The molecule has 6 nitrogen and oxygen atoms in total. The molecule has 1 aliphatic heterocycles. The predicted octanol–water partition coefficient (Wildman–Crippen LogP) is 3.41. The van der Waals surface area contributed by atoms with Gasteiger partial charge in [0, 0.05) is 13.6 Å². The van der Waals surface area contributed by atoms with Crippen LogP contribution in [0, 0.1) is 0 Å². The van der Waals surface area contributed by atoms with Gasteiger partial charge in [-0.3, -0.25) is 4.98 Å². The Hall–Kier alpha value is -1.92. The second-order valence-electron chi connectivity index (χ2n) is 5.63. The second-order valence-corrected chi connectivity index (χ2v) is 6.45. The summed E-state index contributed by atoms with van der Waals surface area (Å²) in [5, 5.41) is 9.20. The van der Waals surface area contributed by atoms with Crippen molar-refractivity contribution in [3.8, 4) is 0 Å². The summed E-state index contributed by atoms with van der Waals surface area (Å²) >= 11 is 12.1. The zero-order valence-corrected chi connectivity index (χ0v) is 14.0. The van der Waals surface area contributed by atoms with Crippen LogP contribution in [0.15, 0.2) is 24.7 Å². The topological polar surface area (TPSA) is 59.7 Å². The molecule has 3 aromatic rings. The second kappa shape index (κ2) is 5.62. The molecule has 1 aliphatic rings. The van der Waals surface area contributed by atoms with E-state index in [0.29, 0.717) is 10.0 Å². The summed E-state index contributed by atoms with van der Waals surface area (Å²) in [5.74, 6) is 1.76. The van der Waals surface area contributed by atoms with Gasteiger partial charge in [0.15, 0.2) is 5.82 Å². The van der Waals surface area contributed by atoms with Crippen LogP contribution in [0.1, 0.15) is 24.7 Å². The van der Waals surface area contributed by atoms with E-state index >= 15 is 0 Å². The molecule has 1 aromatic carbocycles. The molecule has 0 radical (unpaired) electrons. The van der Waals surface area contributed by atoms with E-state index in [4.69, 9.17) is 28.2 Å². The highest BCUT2D eigenvalue weighted by atomic mass is 35.5. The van der Waals surface area contributed by atoms with E-state index in [1.807, 2.05) is 11.6 Å². The van der Waals surface area contributed by atoms with Crippen molar-refractivity contribution in [3.63, 3.8) is 0 Å². The quantitative estimate of drug-likeness (QED) is 0.710. The number of aryl methyl sites for hydroxylation is 1. The average Bonchev–Trinajstić information content (AvgIpc) is 3.16. The van der Waals surface area contributed by atoms with Crippen molar-refractivity contribution in [2.45, 2.75) is 18.9 Å². The number of rotatable bonds is 2. The Morgan fingerprint density at radius 3 is 2.70 bits per heavy atom. The summed E-state index contributed by atoms with van der Waals surface area (Å²) in [4.78, 5) is 11.4. The van der Waals surface area contributed by atoms with Crippen molar-refractivity contribution >= 4 is 40.1 Å². The van der Waals surface area contributed by atoms with E-state index in [1.54, 1.807) is 24.7 Å². The van der Waals surface area contributed by atoms with Crippen LogP contribution in [0.2, 0.25) is 10.0 Å². The molecule has 8 heteroatoms. The fourth-order valence-electron chi connectivity index (χ4n) is 3.04. The van der Waals surface area contributed by atoms with Crippen LogP contribution in [0.4, 0.5) is 5.82 Å². The van der Waals surface area contributed by atoms with E-state index in [0.717, 1.165) is 42.1 Å². The largest absolute Gasteiger partial charge is 0.345 e. The van der Waals surface area contributed by atoms with Gasteiger partial charge in [0.1, 0.15) is 12.1 Å². The minimum atomic E-state index is 0.164. The Morgan fingerprint density at radius 2 is 1.96 bits per heavy atom. The number of aromatic nitrogens is 5. The average molecular weight is 349 g/mol. The van der Waals surface area contributed by atoms with E-state index in [9.17, 15) is 0 Å². The molecule has 0 aliphatic carbocycles. The number of anilines is 1. The monoisotopic (exact) mass is 348 g/mol. The molecule has 0 saturated carbocycles. The van der Waals surface area contributed by atoms with E-state index in [-0.39, 0.29) is 6.04 Å². The van der Waals surface area contributed by atoms with Gasteiger partial charge in [0.25, 0.3) is 0 Å². The van der Waals surface area contributed by atoms with Crippen molar-refractivity contribution in [3.05, 3.63) is 40.5 Å². The summed E-state index contributed by atoms with van der Waals surface area (Å²) in [7, 11) is 1.96. The third kappa shape index (κ3) is 2.52. The first-order valence-corrected chi connectivity index (χ1v) is 8.11. The first-order valence-electron chi connectivity index (χ1n) is 7.36. The summed E-state index contributed by atoms with van der Waals surface area (Å²) in [6.07, 6.45) is 5.60. The summed E-state index contributed by atoms with van der Waals surface area (Å²) in [6.45, 7) is 0.916. The van der Waals surface area contributed by atoms with Gasteiger partial charge >= 0.3 is 0 Å². The number of hydrogen-bond acceptors (Lipinski definition) is 5. The standard InChI is InChI=1S/C15H14Cl2N6/c1-22-8-19-21-15(22)13-3-2-4-23(13)14-7-18-11-5-9(16)10(17)6-12(11)20-14/h5-8,13H,2-4H2,1H3. The van der Waals surface area contributed by atoms with Gasteiger partial charge in [0.2, 0.25) is 0 Å². The molecule has 118 valence electrons. The van der Waals surface area contributed by atoms with E-state index in [2.05, 4.69) is 20.1 Å². The molecule has 0 amide bonds. The fourth-order valence-corrected chi connectivity index (χ4v) is 3.36. The highest BCUT2D eigenvalue weighted by Crippen LogP contribution is 2.35. The van der Waals surface area contributed by atoms with Crippen molar-refractivity contribution in [2.75, 3.05) is 11.4 Å². The molecule has 1 atom stereocenters. The molecule has 1 fully saturated rings. The fraction of sp³-hybridized carbons (Fsp3) is 0.333. The third-order valence-corrected chi connectivity index (χ3v) is 4.89. The van der Waals surface area contributed by atoms with Crippen molar-refractivity contribution < 1.29 is 0 Å². The SMILES string of the molecule is Cn1cnnc1C1CCCN1c1cnc2cc(Cl)c(Cl)cc2n1. The first kappa shape index (κ1) is 14.7. The number of nitrogens with zero attached hydrogens (tertiary/aromatic N) is 6. The lowest BCUT2D eigenvalue weighted by Gasteiger charge is -2.24. The third-order valence-electron chi connectivity index (χ3n) is 4.16. The van der Waals surface area contributed by atoms with Crippen LogP contribution in [0.5, 0.6) is 0 Å². The van der Waals surface area contributed by atoms with Crippen LogP contribution in [0.25, 0.3) is 11.0 Å². The van der Waals surface area contributed by atoms with Crippen molar-refractivity contribution in [1.82, 2.24) is 24.7 Å². The number of halogens is 2. The minimum absolute atomic E-state index is 0.164. The Bertz CT molecular complexity index is 878. The zero-order chi connectivity index (χ0) is 16.0. The molecule has 0 bridgehead atoms. The van der Waals surface area contributed by atoms with Crippen LogP contribution in [-0.2, 0) is 7.05 Å². The van der Waals surface area contributed by atoms with Gasteiger partial charge in [0.05, 0.1) is 33.3 Å². The first-order chi connectivity index (χ1) is 11.1. The maximum atomic E-state index is 6.10. The molecular weight excluding hydrogens is 335 g/mol. The highest BCUT2D eigenvalue weighted by molar-refractivity contribution is 6.42. The van der Waals surface area contributed by atoms with Crippen LogP contribution < -0.4 is 4.90 Å². The van der Waals surface area contributed by atoms with Crippen LogP contribution in [0.3, 0.4) is 0 Å². The van der Waals surface area contributed by atoms with Crippen LogP contribution in [-0.4, -0.2) is 31.3 Å². The van der Waals surface area contributed by atoms with E-state index < -0.39 is 0 Å². The van der Waals surface area contributed by atoms with Gasteiger partial charge in [-0.2, -0.15) is 0 Å². The summed E-state index contributed by atoms with van der Waals surface area (Å²) in [6, 6.07) is 3.65. The smallest absolute Gasteiger partial charge is 0.155 e. The maximum Gasteiger partial charge on any atom is 0.155 e. The van der Waals surface area contributed by atoms with E-state index in [1.165, 1.54) is 0 Å².